The van der Waals surface area contributed by atoms with Gasteiger partial charge in [-0.05, 0) is 37.8 Å². The van der Waals surface area contributed by atoms with E-state index in [0.717, 1.165) is 28.8 Å². The Morgan fingerprint density at radius 1 is 0.887 bits per heavy atom. The summed E-state index contributed by atoms with van der Waals surface area (Å²) in [4.78, 5) is 53.0. The number of hydrogen-bond acceptors (Lipinski definition) is 11. The number of para-hydroxylation sites is 1. The molecule has 2 aromatic carbocycles. The Balaban J connectivity index is 1.36. The average Bonchev–Trinajstić information content (AvgIpc) is 3.55. The number of carbonyl (C=O) groups excluding carboxylic acids is 4. The highest BCUT2D eigenvalue weighted by molar-refractivity contribution is 7.81. The Labute approximate surface area is 317 Å². The van der Waals surface area contributed by atoms with Gasteiger partial charge in [-0.25, -0.2) is 9.48 Å². The van der Waals surface area contributed by atoms with Crippen LogP contribution >= 0.6 is 12.6 Å². The van der Waals surface area contributed by atoms with Crippen LogP contribution in [0.5, 0.6) is 0 Å². The summed E-state index contributed by atoms with van der Waals surface area (Å²) in [5, 5.41) is 17.6. The number of nitrogens with zero attached hydrogens (tertiary/aromatic N) is 4. The number of unbranched alkanes of at least 4 members (excludes halogenated alkanes) is 1. The number of methoxy groups -OCH3 is 1. The first kappa shape index (κ1) is 41.4. The molecule has 2 atom stereocenters. The molecular weight excluding hydrogens is 699 g/mol. The van der Waals surface area contributed by atoms with Crippen molar-refractivity contribution in [1.82, 2.24) is 30.9 Å². The third kappa shape index (κ3) is 12.4. The summed E-state index contributed by atoms with van der Waals surface area (Å²) >= 11 is 4.30. The van der Waals surface area contributed by atoms with Gasteiger partial charge in [0, 0.05) is 50.2 Å². The maximum Gasteiger partial charge on any atom is 0.407 e. The van der Waals surface area contributed by atoms with Gasteiger partial charge in [-0.3, -0.25) is 14.4 Å². The van der Waals surface area contributed by atoms with Crippen molar-refractivity contribution in [2.75, 3.05) is 51.5 Å². The molecule has 0 radical (unpaired) electrons. The van der Waals surface area contributed by atoms with E-state index in [2.05, 4.69) is 38.9 Å². The molecule has 0 spiro atoms. The molecule has 0 bridgehead atoms. The van der Waals surface area contributed by atoms with Crippen LogP contribution in [-0.4, -0.2) is 103 Å². The van der Waals surface area contributed by atoms with Crippen molar-refractivity contribution >= 4 is 42.0 Å². The number of ether oxygens (including phenoxy) is 3. The van der Waals surface area contributed by atoms with E-state index in [0.29, 0.717) is 57.1 Å². The molecule has 14 nitrogen and oxygen atoms in total. The largest absolute Gasteiger partial charge is 0.448 e. The van der Waals surface area contributed by atoms with Gasteiger partial charge in [-0.15, -0.1) is 5.10 Å². The minimum atomic E-state index is -0.533. The fourth-order valence-electron chi connectivity index (χ4n) is 6.09. The lowest BCUT2D eigenvalue weighted by molar-refractivity contribution is -0.125. The number of fused-ring (bicyclic) bond motifs is 5. The van der Waals surface area contributed by atoms with Crippen LogP contribution in [-0.2, 0) is 41.7 Å². The highest BCUT2D eigenvalue weighted by Crippen LogP contribution is 2.41. The van der Waals surface area contributed by atoms with Crippen molar-refractivity contribution in [2.45, 2.75) is 83.3 Å². The van der Waals surface area contributed by atoms with E-state index in [1.54, 1.807) is 23.6 Å². The maximum absolute atomic E-state index is 13.7. The number of alkyl carbamates (subject to hydrolysis) is 1. The lowest BCUT2D eigenvalue weighted by atomic mass is 9.95. The first-order chi connectivity index (χ1) is 25.6. The second-order valence-corrected chi connectivity index (χ2v) is 13.9. The number of aromatic nitrogens is 3. The van der Waals surface area contributed by atoms with Crippen LogP contribution < -0.4 is 20.9 Å². The highest BCUT2D eigenvalue weighted by Gasteiger charge is 2.29. The predicted molar refractivity (Wildman–Crippen MR) is 206 cm³/mol. The molecule has 0 aliphatic carbocycles. The number of ketones is 1. The summed E-state index contributed by atoms with van der Waals surface area (Å²) < 4.78 is 17.6. The summed E-state index contributed by atoms with van der Waals surface area (Å²) in [7, 11) is 1.60. The highest BCUT2D eigenvalue weighted by atomic mass is 32.1. The second kappa shape index (κ2) is 21.4. The summed E-state index contributed by atoms with van der Waals surface area (Å²) in [6, 6.07) is 15.2. The van der Waals surface area contributed by atoms with Crippen LogP contribution in [0.4, 0.5) is 10.5 Å². The van der Waals surface area contributed by atoms with E-state index in [-0.39, 0.29) is 67.5 Å². The first-order valence-electron chi connectivity index (χ1n) is 18.2. The molecule has 2 unspecified atom stereocenters. The molecule has 288 valence electrons. The zero-order valence-electron chi connectivity index (χ0n) is 31.1. The van der Waals surface area contributed by atoms with E-state index in [1.807, 2.05) is 62.4 Å². The molecule has 3 N–H and O–H groups in total. The van der Waals surface area contributed by atoms with Gasteiger partial charge in [-0.1, -0.05) is 61.5 Å². The summed E-state index contributed by atoms with van der Waals surface area (Å²) in [6.07, 6.45) is 1.65. The zero-order chi connectivity index (χ0) is 38.2. The number of thiol groups is 1. The predicted octanol–water partition coefficient (Wildman–Crippen LogP) is 4.17. The van der Waals surface area contributed by atoms with Crippen LogP contribution in [0.3, 0.4) is 0 Å². The fraction of sp³-hybridized carbons (Fsp3) is 0.526. The molecule has 53 heavy (non-hydrogen) atoms. The molecular formula is C38H53N7O7S. The molecule has 0 fully saturated rings. The lowest BCUT2D eigenvalue weighted by Gasteiger charge is -2.28. The summed E-state index contributed by atoms with van der Waals surface area (Å²) in [5.41, 5.74) is 4.48. The number of anilines is 1. The minimum Gasteiger partial charge on any atom is -0.448 e. The Bertz CT molecular complexity index is 1660. The van der Waals surface area contributed by atoms with Gasteiger partial charge in [0.05, 0.1) is 55.6 Å². The topological polar surface area (TPSA) is 166 Å². The number of benzene rings is 2. The number of amides is 3. The number of rotatable bonds is 21. The fourth-order valence-corrected chi connectivity index (χ4v) is 6.27. The van der Waals surface area contributed by atoms with Crippen LogP contribution in [0, 0.1) is 0 Å². The normalized spacial score (nSPS) is 13.2. The van der Waals surface area contributed by atoms with Crippen LogP contribution in [0.25, 0.3) is 22.5 Å². The molecule has 0 saturated carbocycles. The minimum absolute atomic E-state index is 0.0245. The van der Waals surface area contributed by atoms with Gasteiger partial charge in [0.1, 0.15) is 12.3 Å². The van der Waals surface area contributed by atoms with Crippen molar-refractivity contribution in [2.24, 2.45) is 0 Å². The van der Waals surface area contributed by atoms with Crippen molar-refractivity contribution in [1.29, 1.82) is 0 Å². The molecule has 0 saturated heterocycles. The maximum atomic E-state index is 13.7. The molecule has 1 aliphatic rings. The molecule has 3 aromatic rings. The van der Waals surface area contributed by atoms with Gasteiger partial charge in [0.15, 0.2) is 5.78 Å². The third-order valence-corrected chi connectivity index (χ3v) is 8.92. The van der Waals surface area contributed by atoms with Gasteiger partial charge in [0.25, 0.3) is 0 Å². The van der Waals surface area contributed by atoms with Crippen molar-refractivity contribution < 1.29 is 33.4 Å². The lowest BCUT2D eigenvalue weighted by Crippen LogP contribution is -2.43. The Morgan fingerprint density at radius 3 is 2.40 bits per heavy atom. The van der Waals surface area contributed by atoms with Crippen LogP contribution in [0.2, 0.25) is 0 Å². The van der Waals surface area contributed by atoms with Crippen molar-refractivity contribution in [3.63, 3.8) is 0 Å². The van der Waals surface area contributed by atoms with Gasteiger partial charge < -0.3 is 35.1 Å². The Hall–Kier alpha value is -4.31. The number of carbonyl (C=O) groups is 4. The zero-order valence-corrected chi connectivity index (χ0v) is 32.0. The second-order valence-electron chi connectivity index (χ2n) is 13.1. The smallest absolute Gasteiger partial charge is 0.407 e. The average molecular weight is 752 g/mol. The number of Topliss-reactive ketones (excluding diaryl/α,β-unsaturated/α-hetero) is 1. The quantitative estimate of drug-likeness (QED) is 0.0917. The van der Waals surface area contributed by atoms with E-state index in [9.17, 15) is 19.2 Å². The van der Waals surface area contributed by atoms with Gasteiger partial charge in [0.2, 0.25) is 11.8 Å². The molecule has 3 amide bonds. The van der Waals surface area contributed by atoms with Crippen molar-refractivity contribution in [3.8, 4) is 22.5 Å². The van der Waals surface area contributed by atoms with E-state index in [4.69, 9.17) is 14.2 Å². The Morgan fingerprint density at radius 2 is 1.64 bits per heavy atom. The Kier molecular flexibility index (Phi) is 16.7. The molecule has 1 aliphatic heterocycles. The molecule has 1 aromatic heterocycles. The number of hydrogen-bond donors (Lipinski definition) is 4. The molecule has 15 heteroatoms. The number of nitrogens with one attached hydrogen (secondary N) is 3. The SMILES string of the molecule is COCCOCCNC(=O)CCC(=O)N1Cc2ccccc2-c2c(nnn2CCOC(=O)NCCCCC(NC(C)C)C(=O)C(C)S)-c2ccccc21. The van der Waals surface area contributed by atoms with E-state index in [1.165, 1.54) is 0 Å². The summed E-state index contributed by atoms with van der Waals surface area (Å²) in [5.74, 6) is -0.348. The third-order valence-electron chi connectivity index (χ3n) is 8.67. The van der Waals surface area contributed by atoms with E-state index >= 15 is 0 Å². The first-order valence-corrected chi connectivity index (χ1v) is 18.8. The van der Waals surface area contributed by atoms with Gasteiger partial charge in [-0.2, -0.15) is 12.6 Å². The van der Waals surface area contributed by atoms with Crippen LogP contribution in [0.1, 0.15) is 58.4 Å². The standard InChI is InChI=1S/C38H53N7O7S/c1-26(2)41-31(37(48)27(3)53)14-9-10-18-40-38(49)52-22-20-45-36-29-12-6-5-11-28(29)25-44(32-15-8-7-13-30(32)35(36)42-43-45)34(47)17-16-33(46)39-19-21-51-24-23-50-4/h5-8,11-13,15,26-27,31,41,53H,9-10,14,16-25H2,1-4H3,(H,39,46)(H,40,49). The summed E-state index contributed by atoms with van der Waals surface area (Å²) in [6.45, 7) is 8.45. The molecule has 2 heterocycles. The monoisotopic (exact) mass is 751 g/mol. The van der Waals surface area contributed by atoms with E-state index < -0.39 is 6.09 Å². The van der Waals surface area contributed by atoms with Gasteiger partial charge >= 0.3 is 6.09 Å². The van der Waals surface area contributed by atoms with Crippen molar-refractivity contribution in [3.05, 3.63) is 54.1 Å². The van der Waals surface area contributed by atoms with Crippen LogP contribution in [0.15, 0.2) is 48.5 Å². The molecule has 4 rings (SSSR count).